The number of halogens is 1. The molecule has 11 heavy (non-hydrogen) atoms. The first-order valence-electron chi connectivity index (χ1n) is 3.60. The van der Waals surface area contributed by atoms with E-state index in [1.165, 1.54) is 5.82 Å². The molecule has 1 N–H and O–H groups in total. The maximum absolute atomic E-state index is 3.28. The molecule has 0 amide bonds. The highest BCUT2D eigenvalue weighted by molar-refractivity contribution is 7.04. The molecule has 0 bridgehead atoms. The highest BCUT2D eigenvalue weighted by Crippen LogP contribution is 2.12. The molecule has 0 aliphatic carbocycles. The third-order valence-electron chi connectivity index (χ3n) is 1.33. The second kappa shape index (κ2) is 5.38. The summed E-state index contributed by atoms with van der Waals surface area (Å²) in [7, 11) is 0. The molecular weight excluding hydrogens is 180 g/mol. The van der Waals surface area contributed by atoms with Gasteiger partial charge in [0.15, 0.2) is 5.82 Å². The van der Waals surface area contributed by atoms with Gasteiger partial charge in [0, 0.05) is 12.6 Å². The molecule has 1 rings (SSSR count). The number of hydrogen-bond acceptors (Lipinski definition) is 1. The van der Waals surface area contributed by atoms with E-state index in [0.717, 1.165) is 13.1 Å². The Hall–Kier alpha value is -0.280. The van der Waals surface area contributed by atoms with Crippen LogP contribution in [0.25, 0.3) is 0 Å². The largest absolute Gasteiger partial charge is 1.00 e. The molecule has 0 aliphatic rings. The van der Waals surface area contributed by atoms with Gasteiger partial charge in [0.2, 0.25) is 5.38 Å². The fourth-order valence-corrected chi connectivity index (χ4v) is 1.61. The van der Waals surface area contributed by atoms with Gasteiger partial charge in [0.05, 0.1) is 6.54 Å². The molecule has 0 unspecified atom stereocenters. The van der Waals surface area contributed by atoms with Crippen molar-refractivity contribution in [2.75, 3.05) is 11.9 Å². The van der Waals surface area contributed by atoms with Crippen LogP contribution in [0.2, 0.25) is 0 Å². The van der Waals surface area contributed by atoms with Gasteiger partial charge >= 0.3 is 11.5 Å². The maximum atomic E-state index is 3.28. The van der Waals surface area contributed by atoms with Crippen LogP contribution in [0.15, 0.2) is 11.4 Å². The summed E-state index contributed by atoms with van der Waals surface area (Å²) in [5, 5.41) is 5.38. The Labute approximate surface area is 77.8 Å². The molecule has 1 aromatic heterocycles. The number of aryl methyl sites for hydroxylation is 1. The Morgan fingerprint density at radius 1 is 1.55 bits per heavy atom. The van der Waals surface area contributed by atoms with Gasteiger partial charge < -0.3 is 17.7 Å². The topological polar surface area (TPSA) is 17.0 Å². The van der Waals surface area contributed by atoms with Gasteiger partial charge in [-0.15, -0.1) is 3.96 Å². The minimum absolute atomic E-state index is 0. The Morgan fingerprint density at radius 3 is 2.82 bits per heavy atom. The number of hydrogen-bond donors (Lipinski definition) is 1. The predicted molar refractivity (Wildman–Crippen MR) is 46.6 cm³/mol. The zero-order valence-corrected chi connectivity index (χ0v) is 8.37. The smallest absolute Gasteiger partial charge is 0.329 e. The standard InChI is InChI=1S/C7H13N2S.ClH/c1-3-8-7-5-6-10-9(7)4-2;/h5-6,8H,3-4H2,1-2H3;1H/q+1;/p-1. The summed E-state index contributed by atoms with van der Waals surface area (Å²) in [5.41, 5.74) is 0. The van der Waals surface area contributed by atoms with Crippen molar-refractivity contribution in [2.24, 2.45) is 0 Å². The summed E-state index contributed by atoms with van der Waals surface area (Å²) in [4.78, 5) is 0. The Kier molecular flexibility index (Phi) is 5.24. The van der Waals surface area contributed by atoms with Crippen LogP contribution in [0.4, 0.5) is 5.82 Å². The van der Waals surface area contributed by atoms with Gasteiger partial charge in [0.1, 0.15) is 0 Å². The molecule has 1 aromatic rings. The lowest BCUT2D eigenvalue weighted by atomic mass is 10.6. The van der Waals surface area contributed by atoms with Gasteiger partial charge in [-0.1, -0.05) is 0 Å². The van der Waals surface area contributed by atoms with Gasteiger partial charge in [-0.05, 0) is 13.8 Å². The second-order valence-corrected chi connectivity index (χ2v) is 2.94. The van der Waals surface area contributed by atoms with Crippen LogP contribution in [0, 0.1) is 0 Å². The molecule has 2 nitrogen and oxygen atoms in total. The highest BCUT2D eigenvalue weighted by atomic mass is 35.5. The minimum Gasteiger partial charge on any atom is -1.00 e. The predicted octanol–water partition coefficient (Wildman–Crippen LogP) is -0.714. The molecule has 0 aliphatic heterocycles. The highest BCUT2D eigenvalue weighted by Gasteiger charge is 2.06. The number of rotatable bonds is 3. The number of nitrogens with one attached hydrogen (secondary N) is 1. The molecule has 0 atom stereocenters. The van der Waals surface area contributed by atoms with Crippen LogP contribution in [0.5, 0.6) is 0 Å². The third-order valence-corrected chi connectivity index (χ3v) is 2.29. The first-order valence-corrected chi connectivity index (χ1v) is 4.43. The molecule has 64 valence electrons. The van der Waals surface area contributed by atoms with Crippen molar-refractivity contribution in [3.63, 3.8) is 0 Å². The fraction of sp³-hybridized carbons (Fsp3) is 0.571. The summed E-state index contributed by atoms with van der Waals surface area (Å²) in [6.45, 7) is 6.31. The molecule has 0 radical (unpaired) electrons. The summed E-state index contributed by atoms with van der Waals surface area (Å²) in [5.74, 6) is 1.23. The van der Waals surface area contributed by atoms with Gasteiger partial charge in [0.25, 0.3) is 0 Å². The lowest BCUT2D eigenvalue weighted by molar-refractivity contribution is -0.00000216. The molecule has 1 heterocycles. The average molecular weight is 193 g/mol. The quantitative estimate of drug-likeness (QED) is 0.627. The fourth-order valence-electron chi connectivity index (χ4n) is 0.881. The van der Waals surface area contributed by atoms with Crippen LogP contribution in [0.1, 0.15) is 13.8 Å². The zero-order valence-electron chi connectivity index (χ0n) is 6.80. The minimum atomic E-state index is 0. The summed E-state index contributed by atoms with van der Waals surface area (Å²) in [6.07, 6.45) is 0. The van der Waals surface area contributed by atoms with Gasteiger partial charge in [-0.3, -0.25) is 0 Å². The zero-order chi connectivity index (χ0) is 7.40. The van der Waals surface area contributed by atoms with E-state index < -0.39 is 0 Å². The van der Waals surface area contributed by atoms with E-state index in [1.807, 2.05) is 0 Å². The van der Waals surface area contributed by atoms with Crippen LogP contribution in [-0.2, 0) is 6.54 Å². The molecule has 0 aromatic carbocycles. The van der Waals surface area contributed by atoms with Crippen molar-refractivity contribution in [2.45, 2.75) is 20.4 Å². The third kappa shape index (κ3) is 2.67. The summed E-state index contributed by atoms with van der Waals surface area (Å²) in [6, 6.07) is 2.11. The SMILES string of the molecule is CCNc1cc[s+]n1CC.[Cl-]. The van der Waals surface area contributed by atoms with Crippen LogP contribution in [0.3, 0.4) is 0 Å². The molecule has 0 fully saturated rings. The lowest BCUT2D eigenvalue weighted by Gasteiger charge is -1.97. The van der Waals surface area contributed by atoms with Gasteiger partial charge in [-0.2, -0.15) is 0 Å². The lowest BCUT2D eigenvalue weighted by Crippen LogP contribution is -3.00. The van der Waals surface area contributed by atoms with E-state index in [4.69, 9.17) is 0 Å². The van der Waals surface area contributed by atoms with Gasteiger partial charge in [-0.25, -0.2) is 0 Å². The summed E-state index contributed by atoms with van der Waals surface area (Å²) < 4.78 is 2.23. The second-order valence-electron chi connectivity index (χ2n) is 2.02. The number of aromatic nitrogens is 1. The Bertz CT molecular complexity index is 200. The number of nitrogens with zero attached hydrogens (tertiary/aromatic N) is 1. The monoisotopic (exact) mass is 192 g/mol. The van der Waals surface area contributed by atoms with E-state index in [-0.39, 0.29) is 12.4 Å². The van der Waals surface area contributed by atoms with E-state index in [1.54, 1.807) is 11.5 Å². The van der Waals surface area contributed by atoms with E-state index in [9.17, 15) is 0 Å². The molecular formula is C7H13ClN2S. The van der Waals surface area contributed by atoms with Crippen molar-refractivity contribution < 1.29 is 12.4 Å². The van der Waals surface area contributed by atoms with E-state index >= 15 is 0 Å². The van der Waals surface area contributed by atoms with Crippen LogP contribution < -0.4 is 17.7 Å². The Morgan fingerprint density at radius 2 is 2.27 bits per heavy atom. The van der Waals surface area contributed by atoms with E-state index in [2.05, 4.69) is 34.6 Å². The van der Waals surface area contributed by atoms with Crippen molar-refractivity contribution in [3.05, 3.63) is 11.4 Å². The number of anilines is 1. The van der Waals surface area contributed by atoms with Crippen LogP contribution >= 0.6 is 11.5 Å². The maximum Gasteiger partial charge on any atom is 0.329 e. The van der Waals surface area contributed by atoms with E-state index in [0.29, 0.717) is 0 Å². The molecule has 0 saturated heterocycles. The van der Waals surface area contributed by atoms with Crippen molar-refractivity contribution in [1.29, 1.82) is 0 Å². The first-order chi connectivity index (χ1) is 4.88. The average Bonchev–Trinajstić information content (AvgIpc) is 2.36. The van der Waals surface area contributed by atoms with Crippen molar-refractivity contribution in [3.8, 4) is 0 Å². The molecule has 0 spiro atoms. The molecule has 0 saturated carbocycles. The Balaban J connectivity index is 0.000001000. The first kappa shape index (κ1) is 10.7. The summed E-state index contributed by atoms with van der Waals surface area (Å²) >= 11 is 1.74. The van der Waals surface area contributed by atoms with Crippen molar-refractivity contribution in [1.82, 2.24) is 3.96 Å². The van der Waals surface area contributed by atoms with Crippen LogP contribution in [-0.4, -0.2) is 10.5 Å². The van der Waals surface area contributed by atoms with Crippen molar-refractivity contribution >= 4 is 17.4 Å². The molecule has 4 heteroatoms. The normalized spacial score (nSPS) is 8.91.